The summed E-state index contributed by atoms with van der Waals surface area (Å²) in [5, 5.41) is 0. The lowest BCUT2D eigenvalue weighted by molar-refractivity contribution is 1.20. The summed E-state index contributed by atoms with van der Waals surface area (Å²) in [6.45, 7) is 13.8. The minimum Gasteiger partial charge on any atom is -0.355 e. The zero-order valence-electron chi connectivity index (χ0n) is 32.5. The second kappa shape index (κ2) is 15.9. The number of hydrogen-bond acceptors (Lipinski definition) is 2. The number of H-pyrrole nitrogens is 2. The summed E-state index contributed by atoms with van der Waals surface area (Å²) in [6, 6.07) is 37.3. The Bertz CT molecular complexity index is 2410. The van der Waals surface area contributed by atoms with E-state index in [0.29, 0.717) is 0 Å². The third kappa shape index (κ3) is 7.64. The predicted octanol–water partition coefficient (Wildman–Crippen LogP) is 12.8. The van der Waals surface area contributed by atoms with Crippen LogP contribution in [-0.4, -0.2) is 36.1 Å². The molecule has 0 saturated carbocycles. The molecule has 0 saturated heterocycles. The van der Waals surface area contributed by atoms with Gasteiger partial charge in [-0.15, -0.1) is 11.1 Å². The van der Waals surface area contributed by atoms with Gasteiger partial charge in [-0.2, -0.15) is 0 Å². The van der Waals surface area contributed by atoms with Crippen molar-refractivity contribution < 1.29 is 0 Å². The second-order valence-corrected chi connectivity index (χ2v) is 24.4. The highest BCUT2D eigenvalue weighted by molar-refractivity contribution is 6.87. The molecule has 8 bridgehead atoms. The molecule has 2 N–H and O–H groups in total. The van der Waals surface area contributed by atoms with Crippen LogP contribution in [0.5, 0.6) is 0 Å². The van der Waals surface area contributed by atoms with Crippen molar-refractivity contribution in [3.63, 3.8) is 0 Å². The summed E-state index contributed by atoms with van der Waals surface area (Å²) in [7, 11) is -3.05. The monoisotopic (exact) mass is 738 g/mol. The van der Waals surface area contributed by atoms with Crippen molar-refractivity contribution >= 4 is 62.5 Å². The third-order valence-electron chi connectivity index (χ3n) is 11.7. The van der Waals surface area contributed by atoms with E-state index in [1.165, 1.54) is 36.3 Å². The van der Waals surface area contributed by atoms with Crippen LogP contribution in [0.25, 0.3) is 68.6 Å². The van der Waals surface area contributed by atoms with Gasteiger partial charge in [-0.25, -0.2) is 9.97 Å². The van der Waals surface area contributed by atoms with E-state index in [9.17, 15) is 0 Å². The first-order valence-corrected chi connectivity index (χ1v) is 24.9. The van der Waals surface area contributed by atoms with Gasteiger partial charge in [0.25, 0.3) is 0 Å². The molecule has 0 fully saturated rings. The number of fused-ring (bicyclic) bond motifs is 8. The lowest BCUT2D eigenvalue weighted by Gasteiger charge is -2.20. The fraction of sp³-hybridized carbons (Fsp3) is 0.250. The average molecular weight is 739 g/mol. The zero-order chi connectivity index (χ0) is 37.7. The highest BCUT2D eigenvalue weighted by atomic mass is 28.3. The molecule has 270 valence electrons. The molecule has 2 aliphatic rings. The van der Waals surface area contributed by atoms with Crippen molar-refractivity contribution in [2.24, 2.45) is 0 Å². The molecule has 0 aliphatic carbocycles. The molecule has 2 aliphatic heterocycles. The maximum absolute atomic E-state index is 5.13. The van der Waals surface area contributed by atoms with Crippen LogP contribution in [-0.2, 0) is 0 Å². The van der Waals surface area contributed by atoms with Gasteiger partial charge in [0.1, 0.15) is 16.1 Å². The maximum Gasteiger partial charge on any atom is 0.138 e. The van der Waals surface area contributed by atoms with E-state index in [1.807, 2.05) is 0 Å². The normalized spacial score (nSPS) is 12.3. The molecule has 7 rings (SSSR count). The minimum atomic E-state index is -1.53. The molecular formula is C48H50N4Si2. The summed E-state index contributed by atoms with van der Waals surface area (Å²) >= 11 is 0. The van der Waals surface area contributed by atoms with E-state index in [1.54, 1.807) is 0 Å². The number of rotatable bonds is 8. The summed E-state index contributed by atoms with van der Waals surface area (Å²) in [5.74, 6) is 7.07. The highest BCUT2D eigenvalue weighted by Crippen LogP contribution is 2.33. The maximum atomic E-state index is 5.13. The summed E-state index contributed by atoms with van der Waals surface area (Å²) in [4.78, 5) is 17.7. The van der Waals surface area contributed by atoms with E-state index in [0.717, 1.165) is 78.2 Å². The van der Waals surface area contributed by atoms with Crippen molar-refractivity contribution in [1.29, 1.82) is 0 Å². The predicted molar refractivity (Wildman–Crippen MR) is 238 cm³/mol. The van der Waals surface area contributed by atoms with Crippen LogP contribution in [0, 0.1) is 22.9 Å². The van der Waals surface area contributed by atoms with E-state index in [-0.39, 0.29) is 0 Å². The summed E-state index contributed by atoms with van der Waals surface area (Å²) in [6.07, 6.45) is 8.38. The Morgan fingerprint density at radius 1 is 0.463 bits per heavy atom. The van der Waals surface area contributed by atoms with Gasteiger partial charge in [-0.05, 0) is 132 Å². The van der Waals surface area contributed by atoms with Gasteiger partial charge in [0.15, 0.2) is 0 Å². The average Bonchev–Trinajstić information content (AvgIpc) is 4.05. The Morgan fingerprint density at radius 3 is 1.24 bits per heavy atom. The van der Waals surface area contributed by atoms with Gasteiger partial charge in [0.05, 0.1) is 22.8 Å². The molecule has 0 unspecified atom stereocenters. The van der Waals surface area contributed by atoms with E-state index in [2.05, 4.69) is 184 Å². The Labute approximate surface area is 323 Å². The first-order valence-electron chi connectivity index (χ1n) is 19.7. The number of benzene rings is 2. The van der Waals surface area contributed by atoms with Gasteiger partial charge >= 0.3 is 0 Å². The van der Waals surface area contributed by atoms with Crippen LogP contribution >= 0.6 is 0 Å². The molecule has 4 nitrogen and oxygen atoms in total. The highest BCUT2D eigenvalue weighted by Gasteiger charge is 2.25. The van der Waals surface area contributed by atoms with E-state index in [4.69, 9.17) is 9.97 Å². The topological polar surface area (TPSA) is 57.4 Å². The van der Waals surface area contributed by atoms with Crippen LogP contribution < -0.4 is 0 Å². The van der Waals surface area contributed by atoms with Gasteiger partial charge in [0, 0.05) is 44.3 Å². The molecule has 0 radical (unpaired) electrons. The van der Waals surface area contributed by atoms with Gasteiger partial charge in [-0.3, -0.25) is 0 Å². The Balaban J connectivity index is 1.34. The summed E-state index contributed by atoms with van der Waals surface area (Å²) < 4.78 is 0. The third-order valence-corrected chi connectivity index (χ3v) is 21.2. The molecule has 6 heteroatoms. The fourth-order valence-electron chi connectivity index (χ4n) is 7.56. The molecular weight excluding hydrogens is 689 g/mol. The van der Waals surface area contributed by atoms with Gasteiger partial charge in [0.2, 0.25) is 0 Å². The van der Waals surface area contributed by atoms with Crippen LogP contribution in [0.2, 0.25) is 36.3 Å². The van der Waals surface area contributed by atoms with Crippen LogP contribution in [0.15, 0.2) is 84.9 Å². The van der Waals surface area contributed by atoms with Crippen LogP contribution in [0.1, 0.15) is 75.4 Å². The number of nitrogens with zero attached hydrogens (tertiary/aromatic N) is 2. The number of aromatic nitrogens is 4. The van der Waals surface area contributed by atoms with Gasteiger partial charge < -0.3 is 9.97 Å². The first kappa shape index (κ1) is 36.9. The second-order valence-electron chi connectivity index (χ2n) is 14.5. The molecule has 5 heterocycles. The Kier molecular flexibility index (Phi) is 10.9. The van der Waals surface area contributed by atoms with E-state index >= 15 is 0 Å². The largest absolute Gasteiger partial charge is 0.355 e. The number of aromatic amines is 2. The number of nitrogens with one attached hydrogen (secondary N) is 2. The van der Waals surface area contributed by atoms with Crippen molar-refractivity contribution in [2.45, 2.75) is 77.8 Å². The first-order chi connectivity index (χ1) is 26.3. The van der Waals surface area contributed by atoms with Crippen LogP contribution in [0.4, 0.5) is 0 Å². The Hall–Kier alpha value is -5.41. The standard InChI is InChI=1S/C48H50N4Si2/c1-7-53(8-2,9-3)31-29-35-13-17-37(18-14-35)47-43-25-21-39(49-43)33-41-23-27-45(51-41)48(46-28-24-42(52-46)34-40-22-26-44(47)50-40)38-19-15-36(16-20-38)30-32-54(10-4,11-5)12-6/h13-28,33-34,49-50H,7-12H2,1-6H3. The number of hydrogen-bond donors (Lipinski definition) is 2. The molecule has 0 amide bonds. The lowest BCUT2D eigenvalue weighted by Crippen LogP contribution is -2.29. The molecule has 0 spiro atoms. The van der Waals surface area contributed by atoms with Crippen molar-refractivity contribution in [2.75, 3.05) is 0 Å². The SMILES string of the molecule is CC[Si](C#Cc1ccc(-c2c3nc(cc4ccc([nH]4)c(-c4ccc(C#C[Si](CC)(CC)CC)cc4)c4ccc(cc5nc2C=C5)[nH]4)C=C3)cc1)(CC)CC. The fourth-order valence-corrected chi connectivity index (χ4v) is 12.4. The van der Waals surface area contributed by atoms with Gasteiger partial charge in [-0.1, -0.05) is 77.6 Å². The smallest absolute Gasteiger partial charge is 0.138 e. The zero-order valence-corrected chi connectivity index (χ0v) is 34.5. The molecule has 5 aromatic rings. The van der Waals surface area contributed by atoms with Crippen molar-refractivity contribution in [1.82, 2.24) is 19.9 Å². The van der Waals surface area contributed by atoms with Crippen LogP contribution in [0.3, 0.4) is 0 Å². The quantitative estimate of drug-likeness (QED) is 0.120. The Morgan fingerprint density at radius 2 is 0.852 bits per heavy atom. The van der Waals surface area contributed by atoms with Crippen molar-refractivity contribution in [3.8, 4) is 45.2 Å². The molecule has 54 heavy (non-hydrogen) atoms. The van der Waals surface area contributed by atoms with Crippen molar-refractivity contribution in [3.05, 3.63) is 119 Å². The molecule has 2 aromatic carbocycles. The summed E-state index contributed by atoms with van der Waals surface area (Å²) in [5.41, 5.74) is 21.5. The van der Waals surface area contributed by atoms with E-state index < -0.39 is 16.1 Å². The lowest BCUT2D eigenvalue weighted by atomic mass is 10.0. The minimum absolute atomic E-state index is 0.890. The molecule has 3 aromatic heterocycles. The molecule has 0 atom stereocenters.